The predicted octanol–water partition coefficient (Wildman–Crippen LogP) is 7.97. The predicted molar refractivity (Wildman–Crippen MR) is 124 cm³/mol. The monoisotopic (exact) mass is 370 g/mol. The van der Waals surface area contributed by atoms with Crippen molar-refractivity contribution in [3.05, 3.63) is 108 Å². The van der Waals surface area contributed by atoms with Crippen molar-refractivity contribution in [2.24, 2.45) is 0 Å². The Morgan fingerprint density at radius 2 is 1.10 bits per heavy atom. The summed E-state index contributed by atoms with van der Waals surface area (Å²) in [6.07, 6.45) is 0. The molecule has 0 heterocycles. The van der Waals surface area contributed by atoms with E-state index in [4.69, 9.17) is 0 Å². The summed E-state index contributed by atoms with van der Waals surface area (Å²) in [5.74, 6) is 0. The van der Waals surface area contributed by atoms with Gasteiger partial charge in [-0.1, -0.05) is 86.6 Å². The quantitative estimate of drug-likeness (QED) is 0.262. The van der Waals surface area contributed by atoms with Gasteiger partial charge in [0, 0.05) is 5.41 Å². The molecular formula is C29H22. The number of rotatable bonds is 1. The molecule has 0 fully saturated rings. The molecule has 1 aliphatic carbocycles. The second-order valence-corrected chi connectivity index (χ2v) is 8.66. The second kappa shape index (κ2) is 5.81. The Bertz CT molecular complexity index is 1400. The normalized spacial score (nSPS) is 14.1. The SMILES string of the molecule is CC1(C)c2cc3cc4ccccc4cc3cc2-c2cccc(-c3ccccc3)c21. The van der Waals surface area contributed by atoms with Crippen LogP contribution in [0.3, 0.4) is 0 Å². The van der Waals surface area contributed by atoms with Crippen molar-refractivity contribution >= 4 is 21.5 Å². The molecule has 0 spiro atoms. The molecule has 0 amide bonds. The van der Waals surface area contributed by atoms with Gasteiger partial charge in [0.25, 0.3) is 0 Å². The molecule has 0 aromatic heterocycles. The fourth-order valence-electron chi connectivity index (χ4n) is 5.18. The Hall–Kier alpha value is -3.38. The van der Waals surface area contributed by atoms with E-state index in [1.54, 1.807) is 0 Å². The summed E-state index contributed by atoms with van der Waals surface area (Å²) in [5.41, 5.74) is 8.24. The maximum Gasteiger partial charge on any atom is 0.0165 e. The van der Waals surface area contributed by atoms with Gasteiger partial charge in [0.1, 0.15) is 0 Å². The molecule has 0 radical (unpaired) electrons. The topological polar surface area (TPSA) is 0 Å². The van der Waals surface area contributed by atoms with Crippen LogP contribution >= 0.6 is 0 Å². The summed E-state index contributed by atoms with van der Waals surface area (Å²) in [6.45, 7) is 4.74. The first-order valence-corrected chi connectivity index (χ1v) is 10.3. The van der Waals surface area contributed by atoms with Gasteiger partial charge in [-0.25, -0.2) is 0 Å². The van der Waals surface area contributed by atoms with Gasteiger partial charge in [0.15, 0.2) is 0 Å². The van der Waals surface area contributed by atoms with E-state index in [0.717, 1.165) is 0 Å². The number of benzene rings is 5. The first-order chi connectivity index (χ1) is 14.1. The first kappa shape index (κ1) is 16.6. The van der Waals surface area contributed by atoms with Gasteiger partial charge < -0.3 is 0 Å². The van der Waals surface area contributed by atoms with E-state index in [9.17, 15) is 0 Å². The summed E-state index contributed by atoms with van der Waals surface area (Å²) < 4.78 is 0. The fourth-order valence-corrected chi connectivity index (χ4v) is 5.18. The highest BCUT2D eigenvalue weighted by atomic mass is 14.4. The maximum atomic E-state index is 2.42. The van der Waals surface area contributed by atoms with E-state index in [1.165, 1.54) is 54.9 Å². The van der Waals surface area contributed by atoms with E-state index in [1.807, 2.05) is 0 Å². The Morgan fingerprint density at radius 3 is 1.83 bits per heavy atom. The smallest absolute Gasteiger partial charge is 0.0165 e. The van der Waals surface area contributed by atoms with Crippen molar-refractivity contribution in [3.63, 3.8) is 0 Å². The van der Waals surface area contributed by atoms with Gasteiger partial charge in [0.05, 0.1) is 0 Å². The molecule has 6 rings (SSSR count). The molecule has 5 aromatic rings. The molecule has 138 valence electrons. The average molecular weight is 370 g/mol. The number of hydrogen-bond donors (Lipinski definition) is 0. The minimum absolute atomic E-state index is 0.0308. The zero-order valence-electron chi connectivity index (χ0n) is 16.7. The number of hydrogen-bond acceptors (Lipinski definition) is 0. The third-order valence-corrected chi connectivity index (χ3v) is 6.58. The molecule has 1 aliphatic rings. The zero-order valence-corrected chi connectivity index (χ0v) is 16.7. The molecule has 0 bridgehead atoms. The molecule has 0 nitrogen and oxygen atoms in total. The summed E-state index contributed by atoms with van der Waals surface area (Å²) in [5, 5.41) is 5.24. The van der Waals surface area contributed by atoms with Crippen molar-refractivity contribution in [1.82, 2.24) is 0 Å². The van der Waals surface area contributed by atoms with Crippen molar-refractivity contribution in [1.29, 1.82) is 0 Å². The van der Waals surface area contributed by atoms with Crippen LogP contribution in [0.4, 0.5) is 0 Å². The molecular weight excluding hydrogens is 348 g/mol. The van der Waals surface area contributed by atoms with Crippen molar-refractivity contribution in [3.8, 4) is 22.3 Å². The van der Waals surface area contributed by atoms with E-state index in [2.05, 4.69) is 111 Å². The van der Waals surface area contributed by atoms with Gasteiger partial charge in [-0.2, -0.15) is 0 Å². The second-order valence-electron chi connectivity index (χ2n) is 8.66. The van der Waals surface area contributed by atoms with Gasteiger partial charge in [-0.3, -0.25) is 0 Å². The molecule has 0 aliphatic heterocycles. The van der Waals surface area contributed by atoms with Crippen LogP contribution in [0.25, 0.3) is 43.8 Å². The van der Waals surface area contributed by atoms with Gasteiger partial charge in [-0.05, 0) is 79.2 Å². The third-order valence-electron chi connectivity index (χ3n) is 6.58. The lowest BCUT2D eigenvalue weighted by molar-refractivity contribution is 0.663. The molecule has 29 heavy (non-hydrogen) atoms. The Kier molecular flexibility index (Phi) is 3.32. The summed E-state index contributed by atoms with van der Waals surface area (Å²) in [7, 11) is 0. The van der Waals surface area contributed by atoms with Crippen LogP contribution in [0, 0.1) is 0 Å². The van der Waals surface area contributed by atoms with Crippen molar-refractivity contribution in [2.75, 3.05) is 0 Å². The highest BCUT2D eigenvalue weighted by Gasteiger charge is 2.37. The molecule has 0 atom stereocenters. The van der Waals surface area contributed by atoms with E-state index in [-0.39, 0.29) is 5.41 Å². The Balaban J connectivity index is 1.67. The lowest BCUT2D eigenvalue weighted by Crippen LogP contribution is -2.16. The van der Waals surface area contributed by atoms with Crippen LogP contribution in [0.5, 0.6) is 0 Å². The fraction of sp³-hybridized carbons (Fsp3) is 0.103. The van der Waals surface area contributed by atoms with Crippen LogP contribution < -0.4 is 0 Å². The average Bonchev–Trinajstić information content (AvgIpc) is 2.98. The Labute approximate surface area is 171 Å². The molecule has 5 aromatic carbocycles. The standard InChI is InChI=1S/C29H22/c1-29(2)27-18-23-16-21-12-7-6-11-20(21)15-22(23)17-26(27)25-14-8-13-24(28(25)29)19-9-4-3-5-10-19/h3-18H,1-2H3. The summed E-state index contributed by atoms with van der Waals surface area (Å²) in [4.78, 5) is 0. The van der Waals surface area contributed by atoms with Gasteiger partial charge >= 0.3 is 0 Å². The Morgan fingerprint density at radius 1 is 0.483 bits per heavy atom. The summed E-state index contributed by atoms with van der Waals surface area (Å²) in [6, 6.07) is 35.7. The molecule has 0 unspecified atom stereocenters. The largest absolute Gasteiger partial charge is 0.0622 e. The minimum atomic E-state index is -0.0308. The molecule has 0 heteroatoms. The van der Waals surface area contributed by atoms with Crippen LogP contribution in [-0.2, 0) is 5.41 Å². The van der Waals surface area contributed by atoms with Crippen LogP contribution in [0.1, 0.15) is 25.0 Å². The lowest BCUT2D eigenvalue weighted by Gasteiger charge is -2.24. The highest BCUT2D eigenvalue weighted by Crippen LogP contribution is 2.53. The van der Waals surface area contributed by atoms with Crippen molar-refractivity contribution in [2.45, 2.75) is 19.3 Å². The van der Waals surface area contributed by atoms with Gasteiger partial charge in [-0.15, -0.1) is 0 Å². The van der Waals surface area contributed by atoms with E-state index in [0.29, 0.717) is 0 Å². The van der Waals surface area contributed by atoms with E-state index >= 15 is 0 Å². The first-order valence-electron chi connectivity index (χ1n) is 10.3. The molecule has 0 N–H and O–H groups in total. The maximum absolute atomic E-state index is 2.42. The van der Waals surface area contributed by atoms with Crippen LogP contribution in [-0.4, -0.2) is 0 Å². The van der Waals surface area contributed by atoms with E-state index < -0.39 is 0 Å². The zero-order chi connectivity index (χ0) is 19.6. The van der Waals surface area contributed by atoms with Crippen molar-refractivity contribution < 1.29 is 0 Å². The summed E-state index contributed by atoms with van der Waals surface area (Å²) >= 11 is 0. The minimum Gasteiger partial charge on any atom is -0.0622 e. The lowest BCUT2D eigenvalue weighted by atomic mass is 9.78. The van der Waals surface area contributed by atoms with Crippen LogP contribution in [0.15, 0.2) is 97.1 Å². The molecule has 0 saturated carbocycles. The molecule has 0 saturated heterocycles. The number of fused-ring (bicyclic) bond motifs is 5. The van der Waals surface area contributed by atoms with Crippen LogP contribution in [0.2, 0.25) is 0 Å². The third kappa shape index (κ3) is 2.32. The van der Waals surface area contributed by atoms with Gasteiger partial charge in [0.2, 0.25) is 0 Å². The highest BCUT2D eigenvalue weighted by molar-refractivity contribution is 6.02.